The minimum Gasteiger partial charge on any atom is -0.495 e. The topological polar surface area (TPSA) is 84.1 Å². The van der Waals surface area contributed by atoms with E-state index in [-0.39, 0.29) is 16.5 Å². The first-order valence-electron chi connectivity index (χ1n) is 5.34. The lowest BCUT2D eigenvalue weighted by molar-refractivity contribution is 0.414. The zero-order valence-corrected chi connectivity index (χ0v) is 11.6. The highest BCUT2D eigenvalue weighted by Gasteiger charge is 2.15. The molecule has 6 nitrogen and oxygen atoms in total. The van der Waals surface area contributed by atoms with Gasteiger partial charge in [0.2, 0.25) is 10.0 Å². The minimum atomic E-state index is -3.62. The standard InChI is InChI=1S/C11H12ClN3O3S/c1-18-11-3-2-9(4-10(11)12)19(16,17)15-7-8-5-13-14-6-8/h2-6,15H,7H2,1H3,(H,13,14). The predicted molar refractivity (Wildman–Crippen MR) is 70.6 cm³/mol. The molecule has 1 aromatic carbocycles. The molecule has 0 unspecified atom stereocenters. The molecule has 0 saturated heterocycles. The molecule has 2 N–H and O–H groups in total. The van der Waals surface area contributed by atoms with Crippen molar-refractivity contribution in [2.75, 3.05) is 7.11 Å². The van der Waals surface area contributed by atoms with Crippen LogP contribution in [0.2, 0.25) is 5.02 Å². The molecule has 0 aliphatic carbocycles. The average Bonchev–Trinajstić information content (AvgIpc) is 2.89. The molecular weight excluding hydrogens is 290 g/mol. The van der Waals surface area contributed by atoms with Crippen LogP contribution < -0.4 is 9.46 Å². The fourth-order valence-electron chi connectivity index (χ4n) is 1.45. The van der Waals surface area contributed by atoms with Gasteiger partial charge in [-0.25, -0.2) is 13.1 Å². The Balaban J connectivity index is 2.17. The Morgan fingerprint density at radius 2 is 2.26 bits per heavy atom. The Morgan fingerprint density at radius 1 is 1.47 bits per heavy atom. The van der Waals surface area contributed by atoms with Crippen molar-refractivity contribution in [3.05, 3.63) is 41.2 Å². The molecule has 2 aromatic rings. The largest absolute Gasteiger partial charge is 0.495 e. The molecule has 1 aromatic heterocycles. The summed E-state index contributed by atoms with van der Waals surface area (Å²) in [5.41, 5.74) is 0.739. The number of nitrogens with one attached hydrogen (secondary N) is 2. The van der Waals surface area contributed by atoms with Crippen molar-refractivity contribution in [3.63, 3.8) is 0 Å². The molecule has 0 aliphatic heterocycles. The number of methoxy groups -OCH3 is 1. The number of aromatic nitrogens is 2. The SMILES string of the molecule is COc1ccc(S(=O)(=O)NCc2cn[nH]c2)cc1Cl. The van der Waals surface area contributed by atoms with E-state index in [2.05, 4.69) is 14.9 Å². The number of ether oxygens (including phenoxy) is 1. The fraction of sp³-hybridized carbons (Fsp3) is 0.182. The molecule has 0 radical (unpaired) electrons. The molecule has 0 bridgehead atoms. The van der Waals surface area contributed by atoms with Crippen molar-refractivity contribution in [3.8, 4) is 5.75 Å². The first-order valence-corrected chi connectivity index (χ1v) is 7.20. The van der Waals surface area contributed by atoms with E-state index in [0.717, 1.165) is 5.56 Å². The Bertz CT molecular complexity index is 656. The van der Waals surface area contributed by atoms with Gasteiger partial charge in [0.05, 0.1) is 23.2 Å². The Morgan fingerprint density at radius 3 is 2.84 bits per heavy atom. The van der Waals surface area contributed by atoms with Gasteiger partial charge < -0.3 is 4.74 Å². The number of benzene rings is 1. The molecule has 102 valence electrons. The Kier molecular flexibility index (Phi) is 4.08. The van der Waals surface area contributed by atoms with Crippen LogP contribution in [0.3, 0.4) is 0 Å². The number of sulfonamides is 1. The van der Waals surface area contributed by atoms with Crippen LogP contribution in [-0.2, 0) is 16.6 Å². The van der Waals surface area contributed by atoms with Gasteiger partial charge in [-0.15, -0.1) is 0 Å². The summed E-state index contributed by atoms with van der Waals surface area (Å²) in [6, 6.07) is 4.29. The van der Waals surface area contributed by atoms with E-state index in [1.54, 1.807) is 12.4 Å². The molecule has 1 heterocycles. The Hall–Kier alpha value is -1.57. The summed E-state index contributed by atoms with van der Waals surface area (Å²) >= 11 is 5.90. The average molecular weight is 302 g/mol. The highest BCUT2D eigenvalue weighted by atomic mass is 35.5. The van der Waals surface area contributed by atoms with E-state index in [4.69, 9.17) is 16.3 Å². The summed E-state index contributed by atoms with van der Waals surface area (Å²) in [7, 11) is -2.15. The van der Waals surface area contributed by atoms with Gasteiger partial charge in [0, 0.05) is 18.3 Å². The van der Waals surface area contributed by atoms with Gasteiger partial charge in [0.25, 0.3) is 0 Å². The molecule has 0 amide bonds. The summed E-state index contributed by atoms with van der Waals surface area (Å²) in [5.74, 6) is 0.426. The highest BCUT2D eigenvalue weighted by Crippen LogP contribution is 2.26. The number of hydrogen-bond acceptors (Lipinski definition) is 4. The van der Waals surface area contributed by atoms with Crippen molar-refractivity contribution in [1.29, 1.82) is 0 Å². The lowest BCUT2D eigenvalue weighted by atomic mass is 10.3. The van der Waals surface area contributed by atoms with Crippen LogP contribution in [-0.4, -0.2) is 25.7 Å². The first kappa shape index (κ1) is 13.9. The number of H-pyrrole nitrogens is 1. The molecule has 0 spiro atoms. The smallest absolute Gasteiger partial charge is 0.240 e. The van der Waals surface area contributed by atoms with Crippen LogP contribution in [0, 0.1) is 0 Å². The second-order valence-corrected chi connectivity index (χ2v) is 5.90. The van der Waals surface area contributed by atoms with Gasteiger partial charge in [-0.3, -0.25) is 5.10 Å². The van der Waals surface area contributed by atoms with Gasteiger partial charge in [-0.2, -0.15) is 5.10 Å². The van der Waals surface area contributed by atoms with E-state index < -0.39 is 10.0 Å². The lowest BCUT2D eigenvalue weighted by Crippen LogP contribution is -2.23. The molecule has 2 rings (SSSR count). The quantitative estimate of drug-likeness (QED) is 0.877. The van der Waals surface area contributed by atoms with Gasteiger partial charge >= 0.3 is 0 Å². The van der Waals surface area contributed by atoms with Gasteiger partial charge in [0.1, 0.15) is 5.75 Å². The summed E-state index contributed by atoms with van der Waals surface area (Å²) in [5, 5.41) is 6.59. The number of hydrogen-bond donors (Lipinski definition) is 2. The normalized spacial score (nSPS) is 11.5. The van der Waals surface area contributed by atoms with E-state index >= 15 is 0 Å². The van der Waals surface area contributed by atoms with Gasteiger partial charge in [0.15, 0.2) is 0 Å². The molecule has 8 heteroatoms. The zero-order valence-electron chi connectivity index (χ0n) is 10.1. The van der Waals surface area contributed by atoms with Crippen molar-refractivity contribution in [2.24, 2.45) is 0 Å². The van der Waals surface area contributed by atoms with E-state index in [1.807, 2.05) is 0 Å². The fourth-order valence-corrected chi connectivity index (χ4v) is 2.82. The molecule has 0 fully saturated rings. The number of aromatic amines is 1. The maximum atomic E-state index is 12.0. The second kappa shape index (κ2) is 5.60. The van der Waals surface area contributed by atoms with Crippen molar-refractivity contribution in [1.82, 2.24) is 14.9 Å². The van der Waals surface area contributed by atoms with Gasteiger partial charge in [-0.1, -0.05) is 11.6 Å². The van der Waals surface area contributed by atoms with Crippen molar-refractivity contribution in [2.45, 2.75) is 11.4 Å². The zero-order chi connectivity index (χ0) is 13.9. The second-order valence-electron chi connectivity index (χ2n) is 3.73. The number of rotatable bonds is 5. The third-order valence-electron chi connectivity index (χ3n) is 2.45. The van der Waals surface area contributed by atoms with Crippen LogP contribution in [0.1, 0.15) is 5.56 Å². The molecule has 0 atom stereocenters. The van der Waals surface area contributed by atoms with Crippen LogP contribution >= 0.6 is 11.6 Å². The molecule has 0 aliphatic rings. The lowest BCUT2D eigenvalue weighted by Gasteiger charge is -2.08. The van der Waals surface area contributed by atoms with E-state index in [9.17, 15) is 8.42 Å². The van der Waals surface area contributed by atoms with Crippen molar-refractivity contribution < 1.29 is 13.2 Å². The number of nitrogens with zero attached hydrogens (tertiary/aromatic N) is 1. The number of halogens is 1. The summed E-state index contributed by atoms with van der Waals surface area (Å²) in [6.07, 6.45) is 3.16. The molecular formula is C11H12ClN3O3S. The maximum absolute atomic E-state index is 12.0. The minimum absolute atomic E-state index is 0.0850. The third kappa shape index (κ3) is 3.25. The molecule has 0 saturated carbocycles. The van der Waals surface area contributed by atoms with Crippen LogP contribution in [0.5, 0.6) is 5.75 Å². The van der Waals surface area contributed by atoms with Crippen LogP contribution in [0.15, 0.2) is 35.5 Å². The summed E-state index contributed by atoms with van der Waals surface area (Å²) < 4.78 is 31.5. The van der Waals surface area contributed by atoms with Gasteiger partial charge in [-0.05, 0) is 18.2 Å². The van der Waals surface area contributed by atoms with E-state index in [0.29, 0.717) is 5.75 Å². The van der Waals surface area contributed by atoms with Crippen LogP contribution in [0.4, 0.5) is 0 Å². The monoisotopic (exact) mass is 301 g/mol. The summed E-state index contributed by atoms with van der Waals surface area (Å²) in [4.78, 5) is 0.0850. The highest BCUT2D eigenvalue weighted by molar-refractivity contribution is 7.89. The predicted octanol–water partition coefficient (Wildman–Crippen LogP) is 1.55. The third-order valence-corrected chi connectivity index (χ3v) is 4.15. The summed E-state index contributed by atoms with van der Waals surface area (Å²) in [6.45, 7) is 0.155. The maximum Gasteiger partial charge on any atom is 0.240 e. The van der Waals surface area contributed by atoms with Crippen LogP contribution in [0.25, 0.3) is 0 Å². The molecule has 19 heavy (non-hydrogen) atoms. The first-order chi connectivity index (χ1) is 9.03. The van der Waals surface area contributed by atoms with Crippen molar-refractivity contribution >= 4 is 21.6 Å². The Labute approximate surface area is 115 Å². The van der Waals surface area contributed by atoms with E-state index in [1.165, 1.54) is 25.3 Å².